The van der Waals surface area contributed by atoms with Gasteiger partial charge in [0.05, 0.1) is 0 Å². The van der Waals surface area contributed by atoms with Crippen molar-refractivity contribution in [3.8, 4) is 11.1 Å². The fourth-order valence-electron chi connectivity index (χ4n) is 4.53. The molecule has 3 heteroatoms. The van der Waals surface area contributed by atoms with E-state index in [1.54, 1.807) is 0 Å². The molecule has 2 heterocycles. The third kappa shape index (κ3) is 1.28. The summed E-state index contributed by atoms with van der Waals surface area (Å²) in [5.74, 6) is 0. The highest BCUT2D eigenvalue weighted by Gasteiger charge is 2.25. The number of hydrogen-bond acceptors (Lipinski definition) is 2. The van der Waals surface area contributed by atoms with Crippen molar-refractivity contribution in [3.63, 3.8) is 0 Å². The lowest BCUT2D eigenvalue weighted by Gasteiger charge is -2.03. The van der Waals surface area contributed by atoms with Crippen molar-refractivity contribution >= 4 is 70.6 Å². The van der Waals surface area contributed by atoms with Crippen LogP contribution in [0.15, 0.2) is 67.9 Å². The zero-order chi connectivity index (χ0) is 16.3. The first-order valence-corrected chi connectivity index (χ1v) is 9.02. The largest absolute Gasteiger partial charge is 0.456 e. The summed E-state index contributed by atoms with van der Waals surface area (Å²) in [5.41, 5.74) is 6.14. The summed E-state index contributed by atoms with van der Waals surface area (Å²) in [5, 5.41) is 7.19. The van der Waals surface area contributed by atoms with Crippen LogP contribution in [0.4, 0.5) is 0 Å². The Kier molecular flexibility index (Phi) is 1.96. The number of hydrogen-bond donors (Lipinski definition) is 0. The third-order valence-corrected chi connectivity index (χ3v) is 6.12. The molecule has 1 aliphatic carbocycles. The van der Waals surface area contributed by atoms with E-state index in [1.165, 1.54) is 43.4 Å². The first-order chi connectivity index (χ1) is 12.3. The van der Waals surface area contributed by atoms with Crippen LogP contribution in [0.2, 0.25) is 0 Å². The van der Waals surface area contributed by atoms with Gasteiger partial charge in [-0.25, -0.2) is 0 Å². The molecule has 7 rings (SSSR count). The SMILES string of the molecule is Brc1cc2oc3cccc4c3c2c2c1ccc1oc3cccc-4c3c12. The van der Waals surface area contributed by atoms with Crippen LogP contribution in [0, 0.1) is 0 Å². The first-order valence-electron chi connectivity index (χ1n) is 8.23. The second kappa shape index (κ2) is 3.89. The van der Waals surface area contributed by atoms with Crippen molar-refractivity contribution in [2.75, 3.05) is 0 Å². The molecule has 0 amide bonds. The summed E-state index contributed by atoms with van der Waals surface area (Å²) in [6, 6.07) is 18.9. The normalized spacial score (nSPS) is 13.0. The minimum Gasteiger partial charge on any atom is -0.456 e. The predicted molar refractivity (Wildman–Crippen MR) is 105 cm³/mol. The van der Waals surface area contributed by atoms with Crippen LogP contribution in [0.25, 0.3) is 65.8 Å². The van der Waals surface area contributed by atoms with Gasteiger partial charge in [-0.1, -0.05) is 40.2 Å². The van der Waals surface area contributed by atoms with Gasteiger partial charge in [0.15, 0.2) is 0 Å². The minimum absolute atomic E-state index is 0.913. The molecule has 0 atom stereocenters. The van der Waals surface area contributed by atoms with Crippen molar-refractivity contribution in [1.29, 1.82) is 0 Å². The Bertz CT molecular complexity index is 1520. The van der Waals surface area contributed by atoms with Crippen molar-refractivity contribution in [2.45, 2.75) is 0 Å². The van der Waals surface area contributed by atoms with Gasteiger partial charge in [0, 0.05) is 31.4 Å². The van der Waals surface area contributed by atoms with Gasteiger partial charge in [0.2, 0.25) is 0 Å². The standard InChI is InChI=1S/C22H9BrO2/c23-13-9-17-22-19-11(4-2-6-15(19)25-17)10-3-1-5-14-18(10)21-16(24-14)8-7-12(13)20(21)22/h1-9H. The van der Waals surface area contributed by atoms with E-state index in [0.29, 0.717) is 0 Å². The zero-order valence-corrected chi connectivity index (χ0v) is 14.5. The zero-order valence-electron chi connectivity index (χ0n) is 12.9. The van der Waals surface area contributed by atoms with Gasteiger partial charge in [-0.3, -0.25) is 0 Å². The first kappa shape index (κ1) is 12.6. The maximum absolute atomic E-state index is 6.21. The molecule has 2 aromatic heterocycles. The summed E-state index contributed by atoms with van der Waals surface area (Å²) >= 11 is 3.74. The van der Waals surface area contributed by atoms with Gasteiger partial charge in [-0.15, -0.1) is 0 Å². The topological polar surface area (TPSA) is 26.3 Å². The highest BCUT2D eigenvalue weighted by molar-refractivity contribution is 9.10. The van der Waals surface area contributed by atoms with Crippen LogP contribution in [0.3, 0.4) is 0 Å². The smallest absolute Gasteiger partial charge is 0.137 e. The number of furan rings is 2. The van der Waals surface area contributed by atoms with Gasteiger partial charge in [0.1, 0.15) is 22.3 Å². The highest BCUT2D eigenvalue weighted by Crippen LogP contribution is 2.51. The maximum Gasteiger partial charge on any atom is 0.137 e. The number of benzene rings is 4. The number of fused-ring (bicyclic) bond motifs is 1. The van der Waals surface area contributed by atoms with Crippen LogP contribution in [-0.2, 0) is 0 Å². The molecule has 2 nitrogen and oxygen atoms in total. The van der Waals surface area contributed by atoms with Crippen LogP contribution < -0.4 is 0 Å². The lowest BCUT2D eigenvalue weighted by atomic mass is 9.98. The van der Waals surface area contributed by atoms with E-state index in [2.05, 4.69) is 70.5 Å². The molecular weight excluding hydrogens is 376 g/mol. The lowest BCUT2D eigenvalue weighted by Crippen LogP contribution is -1.79. The molecular formula is C22H9BrO2. The summed E-state index contributed by atoms with van der Waals surface area (Å²) in [6.45, 7) is 0. The van der Waals surface area contributed by atoms with Crippen LogP contribution >= 0.6 is 15.9 Å². The van der Waals surface area contributed by atoms with E-state index in [9.17, 15) is 0 Å². The molecule has 0 N–H and O–H groups in total. The van der Waals surface area contributed by atoms with E-state index < -0.39 is 0 Å². The van der Waals surface area contributed by atoms with Gasteiger partial charge in [-0.05, 0) is 46.8 Å². The summed E-state index contributed by atoms with van der Waals surface area (Å²) < 4.78 is 13.4. The summed E-state index contributed by atoms with van der Waals surface area (Å²) in [7, 11) is 0. The summed E-state index contributed by atoms with van der Waals surface area (Å²) in [6.07, 6.45) is 0. The molecule has 6 aromatic rings. The average Bonchev–Trinajstić information content (AvgIpc) is 3.14. The fourth-order valence-corrected chi connectivity index (χ4v) is 5.06. The molecule has 0 spiro atoms. The second-order valence-corrected chi connectivity index (χ2v) is 7.51. The van der Waals surface area contributed by atoms with Crippen LogP contribution in [0.5, 0.6) is 0 Å². The Hall–Kier alpha value is -2.78. The maximum atomic E-state index is 6.21. The van der Waals surface area contributed by atoms with E-state index in [1.807, 2.05) is 0 Å². The van der Waals surface area contributed by atoms with Gasteiger partial charge < -0.3 is 8.83 Å². The molecule has 25 heavy (non-hydrogen) atoms. The van der Waals surface area contributed by atoms with Crippen molar-refractivity contribution in [2.24, 2.45) is 0 Å². The van der Waals surface area contributed by atoms with Gasteiger partial charge >= 0.3 is 0 Å². The molecule has 4 aromatic carbocycles. The molecule has 0 aliphatic heterocycles. The van der Waals surface area contributed by atoms with E-state index >= 15 is 0 Å². The Balaban J connectivity index is 2.06. The van der Waals surface area contributed by atoms with Crippen LogP contribution in [0.1, 0.15) is 0 Å². The predicted octanol–water partition coefficient (Wildman–Crippen LogP) is 7.38. The monoisotopic (exact) mass is 384 g/mol. The van der Waals surface area contributed by atoms with Crippen molar-refractivity contribution < 1.29 is 8.83 Å². The summed E-state index contributed by atoms with van der Waals surface area (Å²) in [4.78, 5) is 0. The quantitative estimate of drug-likeness (QED) is 0.272. The fraction of sp³-hybridized carbons (Fsp3) is 0. The van der Waals surface area contributed by atoms with Crippen molar-refractivity contribution in [3.05, 3.63) is 59.1 Å². The molecule has 0 saturated heterocycles. The lowest BCUT2D eigenvalue weighted by molar-refractivity contribution is 0.669. The molecule has 0 saturated carbocycles. The third-order valence-electron chi connectivity index (χ3n) is 5.46. The highest BCUT2D eigenvalue weighted by atomic mass is 79.9. The molecule has 0 fully saturated rings. The number of halogens is 1. The Labute approximate surface area is 149 Å². The van der Waals surface area contributed by atoms with E-state index in [0.717, 1.165) is 26.8 Å². The Morgan fingerprint density at radius 1 is 0.560 bits per heavy atom. The van der Waals surface area contributed by atoms with Crippen molar-refractivity contribution in [1.82, 2.24) is 0 Å². The molecule has 0 radical (unpaired) electrons. The molecule has 0 unspecified atom stereocenters. The Morgan fingerprint density at radius 2 is 1.16 bits per heavy atom. The molecule has 1 aliphatic rings. The molecule has 116 valence electrons. The second-order valence-electron chi connectivity index (χ2n) is 6.65. The minimum atomic E-state index is 0.913. The molecule has 0 bridgehead atoms. The van der Waals surface area contributed by atoms with Gasteiger partial charge in [0.25, 0.3) is 0 Å². The number of rotatable bonds is 0. The van der Waals surface area contributed by atoms with Gasteiger partial charge in [-0.2, -0.15) is 0 Å². The van der Waals surface area contributed by atoms with Crippen LogP contribution in [-0.4, -0.2) is 0 Å². The Morgan fingerprint density at radius 3 is 1.88 bits per heavy atom. The van der Waals surface area contributed by atoms with E-state index in [-0.39, 0.29) is 0 Å². The van der Waals surface area contributed by atoms with E-state index in [4.69, 9.17) is 8.83 Å². The average molecular weight is 385 g/mol.